The number of ether oxygens (including phenoxy) is 1. The van der Waals surface area contributed by atoms with Crippen LogP contribution in [0.3, 0.4) is 0 Å². The molecular weight excluding hydrogens is 228 g/mol. The summed E-state index contributed by atoms with van der Waals surface area (Å²) in [7, 11) is 2.05. The Morgan fingerprint density at radius 2 is 2.17 bits per heavy atom. The van der Waals surface area contributed by atoms with E-state index in [-0.39, 0.29) is 5.78 Å². The van der Waals surface area contributed by atoms with E-state index in [0.29, 0.717) is 6.04 Å². The van der Waals surface area contributed by atoms with Crippen LogP contribution in [0.25, 0.3) is 0 Å². The second kappa shape index (κ2) is 5.98. The number of rotatable bonds is 4. The van der Waals surface area contributed by atoms with Crippen LogP contribution in [0, 0.1) is 0 Å². The van der Waals surface area contributed by atoms with Crippen LogP contribution in [0.4, 0.5) is 5.69 Å². The topological polar surface area (TPSA) is 41.6 Å². The summed E-state index contributed by atoms with van der Waals surface area (Å²) in [6.07, 6.45) is 0. The fourth-order valence-corrected chi connectivity index (χ4v) is 2.12. The minimum atomic E-state index is 0.103. The monoisotopic (exact) mass is 248 g/mol. The van der Waals surface area contributed by atoms with Crippen LogP contribution in [0.15, 0.2) is 24.3 Å². The summed E-state index contributed by atoms with van der Waals surface area (Å²) in [6, 6.07) is 8.09. The van der Waals surface area contributed by atoms with Gasteiger partial charge >= 0.3 is 0 Å². The SMILES string of the molecule is CC(=O)c1ccc(N(C)CC2COCCN2)cc1. The number of carbonyl (C=O) groups excluding carboxylic acids is 1. The molecule has 18 heavy (non-hydrogen) atoms. The van der Waals surface area contributed by atoms with E-state index in [9.17, 15) is 4.79 Å². The maximum absolute atomic E-state index is 11.2. The van der Waals surface area contributed by atoms with Gasteiger partial charge in [-0.15, -0.1) is 0 Å². The number of ketones is 1. The zero-order valence-electron chi connectivity index (χ0n) is 11.0. The molecule has 1 aliphatic rings. The molecule has 1 unspecified atom stereocenters. The molecule has 1 aromatic rings. The average Bonchev–Trinajstić information content (AvgIpc) is 2.40. The highest BCUT2D eigenvalue weighted by Gasteiger charge is 2.15. The molecule has 0 bridgehead atoms. The van der Waals surface area contributed by atoms with Crippen molar-refractivity contribution in [3.63, 3.8) is 0 Å². The molecule has 0 saturated carbocycles. The van der Waals surface area contributed by atoms with Crippen molar-refractivity contribution in [1.29, 1.82) is 0 Å². The zero-order valence-corrected chi connectivity index (χ0v) is 11.0. The Labute approximate surface area is 108 Å². The van der Waals surface area contributed by atoms with Crippen molar-refractivity contribution in [3.05, 3.63) is 29.8 Å². The Bertz CT molecular complexity index is 397. The van der Waals surface area contributed by atoms with E-state index in [1.165, 1.54) is 0 Å². The lowest BCUT2D eigenvalue weighted by atomic mass is 10.1. The Hall–Kier alpha value is -1.39. The van der Waals surface area contributed by atoms with Gasteiger partial charge < -0.3 is 15.0 Å². The molecule has 1 saturated heterocycles. The quantitative estimate of drug-likeness (QED) is 0.816. The van der Waals surface area contributed by atoms with Gasteiger partial charge in [0.05, 0.1) is 13.2 Å². The van der Waals surface area contributed by atoms with Crippen LogP contribution in [-0.2, 0) is 4.74 Å². The number of nitrogens with one attached hydrogen (secondary N) is 1. The first-order valence-corrected chi connectivity index (χ1v) is 6.30. The molecular formula is C14H20N2O2. The molecule has 1 aliphatic heterocycles. The fraction of sp³-hybridized carbons (Fsp3) is 0.500. The van der Waals surface area contributed by atoms with Crippen molar-refractivity contribution >= 4 is 11.5 Å². The Morgan fingerprint density at radius 3 is 2.72 bits per heavy atom. The predicted molar refractivity (Wildman–Crippen MR) is 72.3 cm³/mol. The lowest BCUT2D eigenvalue weighted by Gasteiger charge is -2.29. The standard InChI is InChI=1S/C14H20N2O2/c1-11(17)12-3-5-14(6-4-12)16(2)9-13-10-18-8-7-15-13/h3-6,13,15H,7-10H2,1-2H3. The lowest BCUT2D eigenvalue weighted by Crippen LogP contribution is -2.47. The minimum Gasteiger partial charge on any atom is -0.378 e. The summed E-state index contributed by atoms with van der Waals surface area (Å²) < 4.78 is 5.44. The molecule has 4 nitrogen and oxygen atoms in total. The van der Waals surface area contributed by atoms with Crippen LogP contribution in [0.5, 0.6) is 0 Å². The van der Waals surface area contributed by atoms with E-state index >= 15 is 0 Å². The van der Waals surface area contributed by atoms with Crippen LogP contribution in [0.1, 0.15) is 17.3 Å². The number of carbonyl (C=O) groups is 1. The van der Waals surface area contributed by atoms with Gasteiger partial charge in [0.2, 0.25) is 0 Å². The summed E-state index contributed by atoms with van der Waals surface area (Å²) >= 11 is 0. The first kappa shape index (κ1) is 13.1. The van der Waals surface area contributed by atoms with Crippen molar-refractivity contribution in [3.8, 4) is 0 Å². The van der Waals surface area contributed by atoms with Gasteiger partial charge in [0, 0.05) is 37.4 Å². The van der Waals surface area contributed by atoms with Gasteiger partial charge in [-0.3, -0.25) is 4.79 Å². The molecule has 2 rings (SSSR count). The molecule has 0 amide bonds. The third kappa shape index (κ3) is 3.31. The van der Waals surface area contributed by atoms with Crippen molar-refractivity contribution < 1.29 is 9.53 Å². The van der Waals surface area contributed by atoms with Crippen LogP contribution >= 0.6 is 0 Å². The van der Waals surface area contributed by atoms with Gasteiger partial charge in [-0.25, -0.2) is 0 Å². The second-order valence-corrected chi connectivity index (χ2v) is 4.71. The normalized spacial score (nSPS) is 19.6. The largest absolute Gasteiger partial charge is 0.378 e. The number of hydrogen-bond acceptors (Lipinski definition) is 4. The third-order valence-corrected chi connectivity index (χ3v) is 3.21. The summed E-state index contributed by atoms with van der Waals surface area (Å²) in [5.41, 5.74) is 1.87. The van der Waals surface area contributed by atoms with Crippen LogP contribution in [-0.4, -0.2) is 45.2 Å². The Balaban J connectivity index is 1.95. The summed E-state index contributed by atoms with van der Waals surface area (Å²) in [4.78, 5) is 13.4. The number of Topliss-reactive ketones (excluding diaryl/α,β-unsaturated/α-hetero) is 1. The second-order valence-electron chi connectivity index (χ2n) is 4.71. The molecule has 0 aliphatic carbocycles. The molecule has 1 N–H and O–H groups in total. The highest BCUT2D eigenvalue weighted by atomic mass is 16.5. The summed E-state index contributed by atoms with van der Waals surface area (Å²) in [5, 5.41) is 3.43. The molecule has 1 aromatic carbocycles. The minimum absolute atomic E-state index is 0.103. The number of anilines is 1. The number of hydrogen-bond donors (Lipinski definition) is 1. The van der Waals surface area contributed by atoms with Gasteiger partial charge in [-0.2, -0.15) is 0 Å². The van der Waals surface area contributed by atoms with Gasteiger partial charge in [0.1, 0.15) is 0 Å². The van der Waals surface area contributed by atoms with Gasteiger partial charge in [0.25, 0.3) is 0 Å². The third-order valence-electron chi connectivity index (χ3n) is 3.21. The molecule has 0 aromatic heterocycles. The predicted octanol–water partition coefficient (Wildman–Crippen LogP) is 1.31. The molecule has 0 spiro atoms. The highest BCUT2D eigenvalue weighted by molar-refractivity contribution is 5.94. The smallest absolute Gasteiger partial charge is 0.159 e. The van der Waals surface area contributed by atoms with Crippen LogP contribution in [0.2, 0.25) is 0 Å². The number of benzene rings is 1. The van der Waals surface area contributed by atoms with Gasteiger partial charge in [0.15, 0.2) is 5.78 Å². The van der Waals surface area contributed by atoms with Crippen molar-refractivity contribution in [2.75, 3.05) is 38.3 Å². The Kier molecular flexibility index (Phi) is 4.33. The molecule has 1 heterocycles. The summed E-state index contributed by atoms with van der Waals surface area (Å²) in [6.45, 7) is 4.96. The van der Waals surface area contributed by atoms with E-state index in [2.05, 4.69) is 17.3 Å². The highest BCUT2D eigenvalue weighted by Crippen LogP contribution is 2.14. The molecule has 98 valence electrons. The molecule has 0 radical (unpaired) electrons. The molecule has 1 fully saturated rings. The van der Waals surface area contributed by atoms with Crippen molar-refractivity contribution in [1.82, 2.24) is 5.32 Å². The average molecular weight is 248 g/mol. The van der Waals surface area contributed by atoms with E-state index in [1.807, 2.05) is 24.3 Å². The zero-order chi connectivity index (χ0) is 13.0. The van der Waals surface area contributed by atoms with Crippen molar-refractivity contribution in [2.24, 2.45) is 0 Å². The van der Waals surface area contributed by atoms with Gasteiger partial charge in [-0.05, 0) is 31.2 Å². The van der Waals surface area contributed by atoms with Crippen LogP contribution < -0.4 is 10.2 Å². The lowest BCUT2D eigenvalue weighted by molar-refractivity contribution is 0.0791. The van der Waals surface area contributed by atoms with E-state index in [0.717, 1.165) is 37.6 Å². The molecule has 1 atom stereocenters. The van der Waals surface area contributed by atoms with E-state index < -0.39 is 0 Å². The number of nitrogens with zero attached hydrogens (tertiary/aromatic N) is 1. The van der Waals surface area contributed by atoms with Gasteiger partial charge in [-0.1, -0.05) is 0 Å². The molecule has 4 heteroatoms. The maximum atomic E-state index is 11.2. The number of likely N-dealkylation sites (N-methyl/N-ethyl adjacent to an activating group) is 1. The maximum Gasteiger partial charge on any atom is 0.159 e. The van der Waals surface area contributed by atoms with E-state index in [1.54, 1.807) is 6.92 Å². The van der Waals surface area contributed by atoms with E-state index in [4.69, 9.17) is 4.74 Å². The fourth-order valence-electron chi connectivity index (χ4n) is 2.12. The number of morpholine rings is 1. The first-order chi connectivity index (χ1) is 8.66. The van der Waals surface area contributed by atoms with Crippen molar-refractivity contribution in [2.45, 2.75) is 13.0 Å². The first-order valence-electron chi connectivity index (χ1n) is 6.30. The summed E-state index contributed by atoms with van der Waals surface area (Å²) in [5.74, 6) is 0.103. The Morgan fingerprint density at radius 1 is 1.44 bits per heavy atom.